The molecule has 0 spiro atoms. The third-order valence-electron chi connectivity index (χ3n) is 1.68. The number of aromatic hydroxyl groups is 1. The summed E-state index contributed by atoms with van der Waals surface area (Å²) >= 11 is 0. The first kappa shape index (κ1) is 14.0. The molecule has 3 N–H and O–H groups in total. The van der Waals surface area contributed by atoms with Gasteiger partial charge in [0.1, 0.15) is 6.04 Å². The summed E-state index contributed by atoms with van der Waals surface area (Å²) in [5.41, 5.74) is 4.39. The number of phenolic OH excluding ortho intramolecular Hbond substituents is 1. The van der Waals surface area contributed by atoms with Crippen LogP contribution >= 0.6 is 12.4 Å². The smallest absolute Gasteiger partial charge is 0.407 e. The van der Waals surface area contributed by atoms with Crippen LogP contribution in [-0.4, -0.2) is 11.3 Å². The van der Waals surface area contributed by atoms with E-state index in [9.17, 15) is 17.6 Å². The third-order valence-corrected chi connectivity index (χ3v) is 1.68. The molecule has 86 valence electrons. The van der Waals surface area contributed by atoms with E-state index in [0.717, 1.165) is 12.1 Å². The molecule has 0 saturated heterocycles. The Morgan fingerprint density at radius 3 is 2.20 bits per heavy atom. The van der Waals surface area contributed by atoms with Crippen LogP contribution in [-0.2, 0) is 0 Å². The zero-order chi connectivity index (χ0) is 10.9. The van der Waals surface area contributed by atoms with Gasteiger partial charge in [-0.05, 0) is 17.7 Å². The largest absolute Gasteiger partial charge is 0.505 e. The molecule has 0 saturated carbocycles. The fourth-order valence-corrected chi connectivity index (χ4v) is 0.906. The number of nitrogens with two attached hydrogens (primary N) is 1. The molecule has 0 aliphatic carbocycles. The van der Waals surface area contributed by atoms with Crippen molar-refractivity contribution in [3.05, 3.63) is 29.6 Å². The predicted molar refractivity (Wildman–Crippen MR) is 48.3 cm³/mol. The van der Waals surface area contributed by atoms with E-state index in [1.54, 1.807) is 0 Å². The average molecular weight is 246 g/mol. The molecule has 15 heavy (non-hydrogen) atoms. The maximum atomic E-state index is 12.7. The van der Waals surface area contributed by atoms with E-state index in [-0.39, 0.29) is 12.4 Å². The molecule has 0 bridgehead atoms. The lowest BCUT2D eigenvalue weighted by molar-refractivity contribution is -0.149. The molecule has 0 aliphatic rings. The highest BCUT2D eigenvalue weighted by Crippen LogP contribution is 2.31. The zero-order valence-corrected chi connectivity index (χ0v) is 8.07. The number of phenols is 1. The Hall–Kier alpha value is -1.01. The average Bonchev–Trinajstić information content (AvgIpc) is 2.07. The Labute approximate surface area is 89.1 Å². The molecule has 1 atom stereocenters. The van der Waals surface area contributed by atoms with E-state index in [1.807, 2.05) is 0 Å². The van der Waals surface area contributed by atoms with E-state index < -0.39 is 29.3 Å². The van der Waals surface area contributed by atoms with Crippen LogP contribution in [0.3, 0.4) is 0 Å². The molecule has 0 amide bonds. The Kier molecular flexibility index (Phi) is 4.36. The van der Waals surface area contributed by atoms with Gasteiger partial charge in [-0.25, -0.2) is 4.39 Å². The van der Waals surface area contributed by atoms with Crippen LogP contribution in [0.15, 0.2) is 18.2 Å². The number of hydrogen-bond donors (Lipinski definition) is 2. The monoisotopic (exact) mass is 245 g/mol. The molecule has 0 radical (unpaired) electrons. The minimum absolute atomic E-state index is 0. The van der Waals surface area contributed by atoms with Crippen molar-refractivity contribution in [1.82, 2.24) is 0 Å². The summed E-state index contributed by atoms with van der Waals surface area (Å²) in [6.07, 6.45) is -4.62. The number of benzene rings is 1. The second kappa shape index (κ2) is 4.67. The van der Waals surface area contributed by atoms with Crippen LogP contribution in [0.1, 0.15) is 11.6 Å². The highest BCUT2D eigenvalue weighted by molar-refractivity contribution is 5.85. The molecular formula is C8H8ClF4NO. The lowest BCUT2D eigenvalue weighted by atomic mass is 10.1. The second-order valence-electron chi connectivity index (χ2n) is 2.73. The Bertz CT molecular complexity index is 342. The summed E-state index contributed by atoms with van der Waals surface area (Å²) in [5.74, 6) is -1.83. The highest BCUT2D eigenvalue weighted by Gasteiger charge is 2.38. The van der Waals surface area contributed by atoms with E-state index >= 15 is 0 Å². The van der Waals surface area contributed by atoms with Gasteiger partial charge in [0.25, 0.3) is 0 Å². The van der Waals surface area contributed by atoms with Gasteiger partial charge in [0.05, 0.1) is 0 Å². The van der Waals surface area contributed by atoms with E-state index in [2.05, 4.69) is 0 Å². The van der Waals surface area contributed by atoms with Gasteiger partial charge in [-0.1, -0.05) is 6.07 Å². The predicted octanol–water partition coefficient (Wildman–Crippen LogP) is 2.52. The summed E-state index contributed by atoms with van der Waals surface area (Å²) in [6, 6.07) is 0.0814. The van der Waals surface area contributed by atoms with Crippen LogP contribution in [0.2, 0.25) is 0 Å². The fraction of sp³-hybridized carbons (Fsp3) is 0.250. The third kappa shape index (κ3) is 3.24. The lowest BCUT2D eigenvalue weighted by Gasteiger charge is -2.15. The van der Waals surface area contributed by atoms with E-state index in [0.29, 0.717) is 6.07 Å². The first-order valence-electron chi connectivity index (χ1n) is 3.63. The standard InChI is InChI=1S/C8H7F4NO.ClH/c9-5-3-4(1-2-6(5)14)7(13)8(10,11)12;/h1-3,7,14H,13H2;1H/t7-;/m1./s1. The zero-order valence-electron chi connectivity index (χ0n) is 7.25. The summed E-state index contributed by atoms with van der Waals surface area (Å²) in [7, 11) is 0. The molecule has 0 fully saturated rings. The van der Waals surface area contributed by atoms with E-state index in [4.69, 9.17) is 10.8 Å². The van der Waals surface area contributed by atoms with Crippen molar-refractivity contribution in [3.63, 3.8) is 0 Å². The summed E-state index contributed by atoms with van der Waals surface area (Å²) < 4.78 is 48.8. The number of rotatable bonds is 1. The maximum Gasteiger partial charge on any atom is 0.407 e. The Balaban J connectivity index is 0.00000196. The normalized spacial score (nSPS) is 13.1. The summed E-state index contributed by atoms with van der Waals surface area (Å²) in [5, 5.41) is 8.73. The van der Waals surface area contributed by atoms with Crippen LogP contribution in [0, 0.1) is 5.82 Å². The van der Waals surface area contributed by atoms with Crippen molar-refractivity contribution in [2.45, 2.75) is 12.2 Å². The quantitative estimate of drug-likeness (QED) is 0.747. The summed E-state index contributed by atoms with van der Waals surface area (Å²) in [6.45, 7) is 0. The number of halogens is 5. The molecule has 2 nitrogen and oxygen atoms in total. The lowest BCUT2D eigenvalue weighted by Crippen LogP contribution is -2.28. The Morgan fingerprint density at radius 2 is 1.80 bits per heavy atom. The van der Waals surface area contributed by atoms with Gasteiger partial charge in [-0.15, -0.1) is 12.4 Å². The van der Waals surface area contributed by atoms with Gasteiger partial charge in [-0.2, -0.15) is 13.2 Å². The van der Waals surface area contributed by atoms with Crippen molar-refractivity contribution in [2.75, 3.05) is 0 Å². The number of alkyl halides is 3. The van der Waals surface area contributed by atoms with Gasteiger partial charge in [0, 0.05) is 0 Å². The molecule has 0 heterocycles. The second-order valence-corrected chi connectivity index (χ2v) is 2.73. The van der Waals surface area contributed by atoms with Crippen LogP contribution < -0.4 is 5.73 Å². The number of hydrogen-bond acceptors (Lipinski definition) is 2. The molecular weight excluding hydrogens is 238 g/mol. The van der Waals surface area contributed by atoms with Gasteiger partial charge in [0.15, 0.2) is 11.6 Å². The van der Waals surface area contributed by atoms with Crippen LogP contribution in [0.5, 0.6) is 5.75 Å². The van der Waals surface area contributed by atoms with Gasteiger partial charge < -0.3 is 10.8 Å². The SMILES string of the molecule is Cl.N[C@H](c1ccc(O)c(F)c1)C(F)(F)F. The highest BCUT2D eigenvalue weighted by atomic mass is 35.5. The summed E-state index contributed by atoms with van der Waals surface area (Å²) in [4.78, 5) is 0. The molecule has 0 aliphatic heterocycles. The van der Waals surface area contributed by atoms with Crippen molar-refractivity contribution in [1.29, 1.82) is 0 Å². The molecule has 1 rings (SSSR count). The van der Waals surface area contributed by atoms with Crippen molar-refractivity contribution in [3.8, 4) is 5.75 Å². The van der Waals surface area contributed by atoms with Gasteiger partial charge >= 0.3 is 6.18 Å². The first-order valence-corrected chi connectivity index (χ1v) is 3.63. The van der Waals surface area contributed by atoms with Crippen LogP contribution in [0.4, 0.5) is 17.6 Å². The first-order chi connectivity index (χ1) is 6.32. The molecule has 7 heteroatoms. The molecule has 1 aromatic carbocycles. The topological polar surface area (TPSA) is 46.2 Å². The Morgan fingerprint density at radius 1 is 1.27 bits per heavy atom. The minimum atomic E-state index is -4.62. The van der Waals surface area contributed by atoms with Crippen molar-refractivity contribution < 1.29 is 22.7 Å². The fourth-order valence-electron chi connectivity index (χ4n) is 0.906. The van der Waals surface area contributed by atoms with Crippen molar-refractivity contribution in [2.24, 2.45) is 5.73 Å². The minimum Gasteiger partial charge on any atom is -0.505 e. The maximum absolute atomic E-state index is 12.7. The van der Waals surface area contributed by atoms with Gasteiger partial charge in [0.2, 0.25) is 0 Å². The molecule has 0 unspecified atom stereocenters. The van der Waals surface area contributed by atoms with Crippen molar-refractivity contribution >= 4 is 12.4 Å². The van der Waals surface area contributed by atoms with Gasteiger partial charge in [-0.3, -0.25) is 0 Å². The molecule has 0 aromatic heterocycles. The van der Waals surface area contributed by atoms with Crippen LogP contribution in [0.25, 0.3) is 0 Å². The molecule has 1 aromatic rings. The van der Waals surface area contributed by atoms with E-state index in [1.165, 1.54) is 0 Å².